The van der Waals surface area contributed by atoms with Gasteiger partial charge in [-0.05, 0) is 0 Å². The van der Waals surface area contributed by atoms with Gasteiger partial charge >= 0.3 is 212 Å². The van der Waals surface area contributed by atoms with Gasteiger partial charge in [0.25, 0.3) is 0 Å². The van der Waals surface area contributed by atoms with E-state index in [4.69, 9.17) is 17.4 Å². The Labute approximate surface area is 211 Å². The van der Waals surface area contributed by atoms with E-state index < -0.39 is 14.4 Å². The molecule has 4 heteroatoms. The van der Waals surface area contributed by atoms with Gasteiger partial charge in [-0.15, -0.1) is 0 Å². The van der Waals surface area contributed by atoms with Gasteiger partial charge in [0.15, 0.2) is 0 Å². The monoisotopic (exact) mass is 532 g/mol. The molecular weight excluding hydrogens is 491 g/mol. The van der Waals surface area contributed by atoms with Crippen LogP contribution in [0.2, 0.25) is 0 Å². The topological polar surface area (TPSA) is 18.5 Å². The van der Waals surface area contributed by atoms with Crippen molar-refractivity contribution < 1.29 is 7.45 Å². The minimum absolute atomic E-state index is 0.0406. The number of rotatable bonds is 0. The van der Waals surface area contributed by atoms with E-state index >= 15 is 0 Å². The SMILES string of the molecule is CC(C)(C)c1cc2c(c(C(C)(C)C)c1)O[As](Cl)Oc1c(cc(C(C)(C)C)cc1C(C)(C)C)C2. The number of benzene rings is 2. The summed E-state index contributed by atoms with van der Waals surface area (Å²) < 4.78 is 12.9. The van der Waals surface area contributed by atoms with Crippen molar-refractivity contribution in [3.05, 3.63) is 57.6 Å². The number of hydrogen-bond donors (Lipinski definition) is 0. The van der Waals surface area contributed by atoms with Crippen LogP contribution in [-0.4, -0.2) is 14.4 Å². The van der Waals surface area contributed by atoms with Gasteiger partial charge in [-0.3, -0.25) is 0 Å². The molecule has 33 heavy (non-hydrogen) atoms. The van der Waals surface area contributed by atoms with E-state index in [1.54, 1.807) is 0 Å². The van der Waals surface area contributed by atoms with E-state index in [0.717, 1.165) is 17.9 Å². The molecule has 3 rings (SSSR count). The Morgan fingerprint density at radius 1 is 0.576 bits per heavy atom. The first-order valence-electron chi connectivity index (χ1n) is 12.0. The Morgan fingerprint density at radius 2 is 0.909 bits per heavy atom. The molecule has 1 aliphatic heterocycles. The summed E-state index contributed by atoms with van der Waals surface area (Å²) in [4.78, 5) is 0. The van der Waals surface area contributed by atoms with Crippen molar-refractivity contribution in [3.63, 3.8) is 0 Å². The number of hydrogen-bond acceptors (Lipinski definition) is 2. The standard InChI is InChI=1S/C29H42AsClO2/c1-26(2,3)20-14-18-13-19-15-21(27(4,5)6)17-23(29(10,11)12)25(19)33-30(31)32-24(18)22(16-20)28(7,8)9/h14-17H,13H2,1-12H3. The Kier molecular flexibility index (Phi) is 6.84. The third-order valence-electron chi connectivity index (χ3n) is 6.39. The first-order valence-corrected chi connectivity index (χ1v) is 16.0. The van der Waals surface area contributed by atoms with Crippen molar-refractivity contribution >= 4 is 24.3 Å². The summed E-state index contributed by atoms with van der Waals surface area (Å²) in [7, 11) is 6.85. The molecule has 182 valence electrons. The van der Waals surface area contributed by atoms with E-state index in [0.29, 0.717) is 0 Å². The molecule has 1 heterocycles. The molecule has 0 saturated heterocycles. The summed E-state index contributed by atoms with van der Waals surface area (Å²) in [5.41, 5.74) is 7.44. The molecule has 2 aromatic rings. The quantitative estimate of drug-likeness (QED) is 0.317. The molecular formula is C29H42AsClO2. The van der Waals surface area contributed by atoms with Gasteiger partial charge in [0.05, 0.1) is 0 Å². The molecule has 0 unspecified atom stereocenters. The Morgan fingerprint density at radius 3 is 1.18 bits per heavy atom. The molecule has 2 aromatic carbocycles. The van der Waals surface area contributed by atoms with Crippen molar-refractivity contribution in [2.24, 2.45) is 0 Å². The molecule has 0 spiro atoms. The summed E-state index contributed by atoms with van der Waals surface area (Å²) in [5.74, 6) is 1.85. The van der Waals surface area contributed by atoms with Crippen molar-refractivity contribution in [3.8, 4) is 11.5 Å². The van der Waals surface area contributed by atoms with Crippen LogP contribution < -0.4 is 7.45 Å². The summed E-state index contributed by atoms with van der Waals surface area (Å²) in [6.07, 6.45) is 0.768. The summed E-state index contributed by atoms with van der Waals surface area (Å²) in [5, 5.41) is 0. The average Bonchev–Trinajstić information content (AvgIpc) is 2.58. The van der Waals surface area contributed by atoms with Crippen LogP contribution in [-0.2, 0) is 28.1 Å². The van der Waals surface area contributed by atoms with Crippen LogP contribution in [0.5, 0.6) is 11.5 Å². The first kappa shape index (κ1) is 26.5. The van der Waals surface area contributed by atoms with E-state index in [2.05, 4.69) is 107 Å². The zero-order chi connectivity index (χ0) is 25.1. The maximum atomic E-state index is 6.85. The molecule has 0 amide bonds. The normalized spacial score (nSPS) is 15.7. The van der Waals surface area contributed by atoms with Crippen LogP contribution in [0.15, 0.2) is 24.3 Å². The number of fused-ring (bicyclic) bond motifs is 2. The first-order chi connectivity index (χ1) is 14.8. The van der Waals surface area contributed by atoms with E-state index in [1.165, 1.54) is 33.4 Å². The van der Waals surface area contributed by atoms with Crippen LogP contribution in [0.25, 0.3) is 0 Å². The molecule has 0 saturated carbocycles. The zero-order valence-corrected chi connectivity index (χ0v) is 25.3. The van der Waals surface area contributed by atoms with Gasteiger partial charge in [0.1, 0.15) is 0 Å². The molecule has 0 fully saturated rings. The third kappa shape index (κ3) is 5.76. The molecule has 0 radical (unpaired) electrons. The molecule has 0 bridgehead atoms. The predicted octanol–water partition coefficient (Wildman–Crippen LogP) is 8.46. The molecule has 0 aliphatic carbocycles. The molecule has 0 atom stereocenters. The van der Waals surface area contributed by atoms with E-state index in [-0.39, 0.29) is 21.7 Å². The maximum absolute atomic E-state index is 6.85. The van der Waals surface area contributed by atoms with Gasteiger partial charge in [-0.2, -0.15) is 0 Å². The minimum atomic E-state index is -2.57. The van der Waals surface area contributed by atoms with Crippen LogP contribution in [0.3, 0.4) is 0 Å². The summed E-state index contributed by atoms with van der Waals surface area (Å²) in [6, 6.07) is 9.29. The van der Waals surface area contributed by atoms with Crippen LogP contribution in [0.4, 0.5) is 0 Å². The molecule has 0 N–H and O–H groups in total. The van der Waals surface area contributed by atoms with Gasteiger partial charge < -0.3 is 0 Å². The van der Waals surface area contributed by atoms with Crippen LogP contribution in [0, 0.1) is 0 Å². The second-order valence-corrected chi connectivity index (χ2v) is 16.7. The van der Waals surface area contributed by atoms with Crippen LogP contribution >= 0.6 is 9.95 Å². The van der Waals surface area contributed by atoms with E-state index in [9.17, 15) is 0 Å². The number of halogens is 1. The van der Waals surface area contributed by atoms with Crippen molar-refractivity contribution in [1.82, 2.24) is 0 Å². The van der Waals surface area contributed by atoms with E-state index in [1.807, 2.05) is 0 Å². The summed E-state index contributed by atoms with van der Waals surface area (Å²) in [6.45, 7) is 27.1. The van der Waals surface area contributed by atoms with Crippen LogP contribution in [0.1, 0.15) is 116 Å². The fraction of sp³-hybridized carbons (Fsp3) is 0.586. The van der Waals surface area contributed by atoms with Crippen molar-refractivity contribution in [2.75, 3.05) is 0 Å². The van der Waals surface area contributed by atoms with Gasteiger partial charge in [-0.1, -0.05) is 0 Å². The Balaban J connectivity index is 2.36. The Bertz CT molecular complexity index is 960. The van der Waals surface area contributed by atoms with Gasteiger partial charge in [0.2, 0.25) is 0 Å². The zero-order valence-electron chi connectivity index (χ0n) is 22.7. The third-order valence-corrected chi connectivity index (χ3v) is 8.47. The Hall–Kier alpha value is -1.11. The van der Waals surface area contributed by atoms with Gasteiger partial charge in [-0.25, -0.2) is 0 Å². The van der Waals surface area contributed by atoms with Crippen molar-refractivity contribution in [2.45, 2.75) is 111 Å². The molecule has 0 aromatic heterocycles. The predicted molar refractivity (Wildman–Crippen MR) is 143 cm³/mol. The molecule has 1 aliphatic rings. The fourth-order valence-electron chi connectivity index (χ4n) is 4.20. The second kappa shape index (κ2) is 8.53. The van der Waals surface area contributed by atoms with Gasteiger partial charge in [0, 0.05) is 0 Å². The fourth-order valence-corrected chi connectivity index (χ4v) is 6.51. The molecule has 2 nitrogen and oxygen atoms in total. The average molecular weight is 533 g/mol. The second-order valence-electron chi connectivity index (χ2n) is 13.6. The van der Waals surface area contributed by atoms with Crippen molar-refractivity contribution in [1.29, 1.82) is 0 Å². The summed E-state index contributed by atoms with van der Waals surface area (Å²) >= 11 is -2.57.